The van der Waals surface area contributed by atoms with E-state index in [9.17, 15) is 13.2 Å². The molecule has 3 fully saturated rings. The second-order valence-electron chi connectivity index (χ2n) is 5.18. The van der Waals surface area contributed by atoms with E-state index in [-0.39, 0.29) is 5.41 Å². The molecule has 3 saturated carbocycles. The Hall–Kier alpha value is -0.250. The Morgan fingerprint density at radius 2 is 1.71 bits per heavy atom. The Kier molecular flexibility index (Phi) is 2.11. The number of rotatable bonds is 4. The molecule has 3 rings (SSSR count). The molecule has 3 aliphatic rings. The van der Waals surface area contributed by atoms with Crippen LogP contribution in [0, 0.1) is 10.8 Å². The second-order valence-corrected chi connectivity index (χ2v) is 5.18. The predicted molar refractivity (Wildman–Crippen MR) is 47.9 cm³/mol. The molecule has 0 unspecified atom stereocenters. The largest absolute Gasteiger partial charge is 0.389 e. The summed E-state index contributed by atoms with van der Waals surface area (Å²) in [6.07, 6.45) is -1.18. The molecule has 0 amide bonds. The lowest BCUT2D eigenvalue weighted by molar-refractivity contribution is -0.223. The highest BCUT2D eigenvalue weighted by Gasteiger charge is 2.66. The van der Waals surface area contributed by atoms with Crippen molar-refractivity contribution in [1.82, 2.24) is 5.32 Å². The lowest BCUT2D eigenvalue weighted by Gasteiger charge is -2.71. The van der Waals surface area contributed by atoms with E-state index in [0.717, 1.165) is 25.8 Å². The van der Waals surface area contributed by atoms with E-state index in [1.54, 1.807) is 0 Å². The molecular formula is C10H16F3N. The van der Waals surface area contributed by atoms with Gasteiger partial charge in [-0.2, -0.15) is 13.2 Å². The lowest BCUT2D eigenvalue weighted by atomic mass is 9.34. The number of alkyl halides is 3. The van der Waals surface area contributed by atoms with Crippen LogP contribution in [0.4, 0.5) is 13.2 Å². The normalized spacial score (nSPS) is 40.3. The molecular weight excluding hydrogens is 191 g/mol. The van der Waals surface area contributed by atoms with Crippen molar-refractivity contribution in [2.75, 3.05) is 13.6 Å². The molecule has 0 aromatic rings. The highest BCUT2D eigenvalue weighted by molar-refractivity contribution is 5.17. The fourth-order valence-electron chi connectivity index (χ4n) is 3.47. The average molecular weight is 207 g/mol. The third-order valence-electron chi connectivity index (χ3n) is 3.74. The maximum Gasteiger partial charge on any atom is 0.389 e. The summed E-state index contributed by atoms with van der Waals surface area (Å²) in [7, 11) is 1.91. The van der Waals surface area contributed by atoms with Gasteiger partial charge in [-0.3, -0.25) is 0 Å². The van der Waals surface area contributed by atoms with Crippen molar-refractivity contribution in [3.8, 4) is 0 Å². The highest BCUT2D eigenvalue weighted by atomic mass is 19.4. The Morgan fingerprint density at radius 1 is 1.14 bits per heavy atom. The minimum atomic E-state index is -3.97. The summed E-state index contributed by atoms with van der Waals surface area (Å²) in [5, 5.41) is 3.12. The van der Waals surface area contributed by atoms with E-state index >= 15 is 0 Å². The first kappa shape index (κ1) is 10.3. The summed E-state index contributed by atoms with van der Waals surface area (Å²) in [6, 6.07) is 0. The molecule has 4 heteroatoms. The van der Waals surface area contributed by atoms with Crippen molar-refractivity contribution in [1.29, 1.82) is 0 Å². The zero-order valence-corrected chi connectivity index (χ0v) is 8.38. The summed E-state index contributed by atoms with van der Waals surface area (Å²) in [6.45, 7) is 0.973. The molecule has 3 aliphatic carbocycles. The molecule has 1 N–H and O–H groups in total. The van der Waals surface area contributed by atoms with Crippen molar-refractivity contribution in [2.45, 2.75) is 38.3 Å². The molecule has 0 aromatic heterocycles. The Labute approximate surface area is 82.1 Å². The van der Waals surface area contributed by atoms with Gasteiger partial charge >= 0.3 is 6.18 Å². The zero-order chi connectivity index (χ0) is 10.4. The van der Waals surface area contributed by atoms with Crippen LogP contribution in [-0.4, -0.2) is 19.8 Å². The maximum atomic E-state index is 12.0. The topological polar surface area (TPSA) is 12.0 Å². The van der Waals surface area contributed by atoms with Gasteiger partial charge in [0, 0.05) is 13.0 Å². The summed E-state index contributed by atoms with van der Waals surface area (Å²) in [5.74, 6) is 0. The van der Waals surface area contributed by atoms with Crippen molar-refractivity contribution >= 4 is 0 Å². The number of nitrogens with one attached hydrogen (secondary N) is 1. The van der Waals surface area contributed by atoms with Crippen LogP contribution in [0.1, 0.15) is 32.1 Å². The minimum Gasteiger partial charge on any atom is -0.319 e. The van der Waals surface area contributed by atoms with Gasteiger partial charge in [0.2, 0.25) is 0 Å². The lowest BCUT2D eigenvalue weighted by Crippen LogP contribution is -2.65. The van der Waals surface area contributed by atoms with Crippen LogP contribution in [0.15, 0.2) is 0 Å². The summed E-state index contributed by atoms with van der Waals surface area (Å²) in [4.78, 5) is 0. The average Bonchev–Trinajstić information content (AvgIpc) is 1.89. The van der Waals surface area contributed by atoms with Crippen molar-refractivity contribution < 1.29 is 13.2 Å². The van der Waals surface area contributed by atoms with Crippen LogP contribution in [0.3, 0.4) is 0 Å². The molecule has 0 saturated heterocycles. The van der Waals surface area contributed by atoms with Crippen LogP contribution in [-0.2, 0) is 0 Å². The smallest absolute Gasteiger partial charge is 0.319 e. The molecule has 0 radical (unpaired) electrons. The Bertz CT molecular complexity index is 214. The first-order chi connectivity index (χ1) is 6.39. The molecule has 82 valence electrons. The number of halogens is 3. The quantitative estimate of drug-likeness (QED) is 0.747. The molecule has 0 heterocycles. The molecule has 0 atom stereocenters. The van der Waals surface area contributed by atoms with Crippen molar-refractivity contribution in [2.24, 2.45) is 10.8 Å². The SMILES string of the molecule is CNCC12CC(CCC(F)(F)F)(C1)C2. The van der Waals surface area contributed by atoms with Gasteiger partial charge in [0.05, 0.1) is 0 Å². The van der Waals surface area contributed by atoms with E-state index in [4.69, 9.17) is 0 Å². The fraction of sp³-hybridized carbons (Fsp3) is 1.00. The molecule has 2 bridgehead atoms. The van der Waals surface area contributed by atoms with Gasteiger partial charge in [-0.1, -0.05) is 0 Å². The molecule has 0 aromatic carbocycles. The third-order valence-corrected chi connectivity index (χ3v) is 3.74. The van der Waals surface area contributed by atoms with Crippen molar-refractivity contribution in [3.63, 3.8) is 0 Å². The summed E-state index contributed by atoms with van der Waals surface area (Å²) in [5.41, 5.74) is 0.451. The molecule has 0 spiro atoms. The maximum absolute atomic E-state index is 12.0. The molecule has 1 nitrogen and oxygen atoms in total. The monoisotopic (exact) mass is 207 g/mol. The van der Waals surface area contributed by atoms with E-state index in [0.29, 0.717) is 11.8 Å². The van der Waals surface area contributed by atoms with E-state index in [2.05, 4.69) is 5.32 Å². The number of hydrogen-bond donors (Lipinski definition) is 1. The van der Waals surface area contributed by atoms with Gasteiger partial charge in [-0.25, -0.2) is 0 Å². The van der Waals surface area contributed by atoms with Gasteiger partial charge < -0.3 is 5.32 Å². The van der Waals surface area contributed by atoms with Gasteiger partial charge in [0.1, 0.15) is 0 Å². The van der Waals surface area contributed by atoms with E-state index in [1.807, 2.05) is 7.05 Å². The predicted octanol–water partition coefficient (Wildman–Crippen LogP) is 2.72. The van der Waals surface area contributed by atoms with Crippen molar-refractivity contribution in [3.05, 3.63) is 0 Å². The highest BCUT2D eigenvalue weighted by Crippen LogP contribution is 2.75. The second kappa shape index (κ2) is 2.87. The number of hydrogen-bond acceptors (Lipinski definition) is 1. The van der Waals surface area contributed by atoms with Gasteiger partial charge in [-0.05, 0) is 43.6 Å². The standard InChI is InChI=1S/C10H16F3N/c1-14-7-9-4-8(5-9,6-9)2-3-10(11,12)13/h14H,2-7H2,1H3. The van der Waals surface area contributed by atoms with Crippen LogP contribution >= 0.6 is 0 Å². The van der Waals surface area contributed by atoms with Gasteiger partial charge in [0.15, 0.2) is 0 Å². The van der Waals surface area contributed by atoms with Crippen LogP contribution < -0.4 is 5.32 Å². The van der Waals surface area contributed by atoms with Gasteiger partial charge in [-0.15, -0.1) is 0 Å². The third kappa shape index (κ3) is 1.64. The van der Waals surface area contributed by atoms with Crippen LogP contribution in [0.25, 0.3) is 0 Å². The van der Waals surface area contributed by atoms with Crippen LogP contribution in [0.2, 0.25) is 0 Å². The van der Waals surface area contributed by atoms with Gasteiger partial charge in [0.25, 0.3) is 0 Å². The fourth-order valence-corrected chi connectivity index (χ4v) is 3.47. The summed E-state index contributed by atoms with van der Waals surface area (Å²) >= 11 is 0. The first-order valence-electron chi connectivity index (χ1n) is 5.10. The molecule has 0 aliphatic heterocycles. The first-order valence-corrected chi connectivity index (χ1v) is 5.10. The van der Waals surface area contributed by atoms with E-state index < -0.39 is 12.6 Å². The van der Waals surface area contributed by atoms with E-state index in [1.165, 1.54) is 0 Å². The Balaban J connectivity index is 1.73. The zero-order valence-electron chi connectivity index (χ0n) is 8.38. The molecule has 14 heavy (non-hydrogen) atoms. The minimum absolute atomic E-state index is 0.0758. The Morgan fingerprint density at radius 3 is 2.14 bits per heavy atom. The van der Waals surface area contributed by atoms with Crippen LogP contribution in [0.5, 0.6) is 0 Å². The summed E-state index contributed by atoms with van der Waals surface area (Å²) < 4.78 is 36.0.